The fourth-order valence-electron chi connectivity index (χ4n) is 1.14. The normalized spacial score (nSPS) is 10.6. The quantitative estimate of drug-likeness (QED) is 0.472. The van der Waals surface area contributed by atoms with Crippen LogP contribution < -0.4 is 0 Å². The predicted molar refractivity (Wildman–Crippen MR) is 62.6 cm³/mol. The fraction of sp³-hybridized carbons (Fsp3) is 0.333. The van der Waals surface area contributed by atoms with Crippen molar-refractivity contribution >= 4 is 40.2 Å². The van der Waals surface area contributed by atoms with Crippen molar-refractivity contribution in [1.29, 1.82) is 0 Å². The summed E-state index contributed by atoms with van der Waals surface area (Å²) in [5, 5.41) is -0.144. The number of carbonyl (C=O) groups excluding carboxylic acids is 1. The van der Waals surface area contributed by atoms with E-state index in [1.54, 1.807) is 22.6 Å². The number of rotatable bonds is 3. The third-order valence-corrected chi connectivity index (χ3v) is 3.12. The first-order valence-corrected chi connectivity index (χ1v) is 5.60. The lowest BCUT2D eigenvalue weighted by molar-refractivity contribution is -0.139. The molecule has 88 valence electrons. The van der Waals surface area contributed by atoms with E-state index in [4.69, 9.17) is 11.6 Å². The van der Waals surface area contributed by atoms with E-state index in [0.29, 0.717) is 3.70 Å². The van der Waals surface area contributed by atoms with Crippen LogP contribution in [-0.4, -0.2) is 18.1 Å². The van der Waals surface area contributed by atoms with Gasteiger partial charge in [-0.3, -0.25) is 4.79 Å². The highest BCUT2D eigenvalue weighted by Crippen LogP contribution is 2.32. The Balaban J connectivity index is 3.23. The molecule has 1 heterocycles. The van der Waals surface area contributed by atoms with Crippen LogP contribution in [0.4, 0.5) is 8.78 Å². The minimum Gasteiger partial charge on any atom is -0.469 e. The van der Waals surface area contributed by atoms with E-state index in [-0.39, 0.29) is 22.6 Å². The Hall–Kier alpha value is -0.500. The third kappa shape index (κ3) is 3.00. The first-order valence-electron chi connectivity index (χ1n) is 4.15. The van der Waals surface area contributed by atoms with Crippen molar-refractivity contribution in [3.05, 3.63) is 26.0 Å². The van der Waals surface area contributed by atoms with Gasteiger partial charge < -0.3 is 4.74 Å². The number of pyridine rings is 1. The summed E-state index contributed by atoms with van der Waals surface area (Å²) in [6, 6.07) is 0. The number of aromatic nitrogens is 1. The van der Waals surface area contributed by atoms with Crippen LogP contribution >= 0.6 is 34.2 Å². The Morgan fingerprint density at radius 3 is 2.81 bits per heavy atom. The van der Waals surface area contributed by atoms with E-state index in [1.807, 2.05) is 0 Å². The molecule has 7 heteroatoms. The first kappa shape index (κ1) is 13.6. The fourth-order valence-corrected chi connectivity index (χ4v) is 2.00. The molecule has 1 aromatic heterocycles. The second-order valence-corrected chi connectivity index (χ2v) is 4.27. The summed E-state index contributed by atoms with van der Waals surface area (Å²) in [6.45, 7) is 0. The van der Waals surface area contributed by atoms with Crippen molar-refractivity contribution < 1.29 is 18.3 Å². The van der Waals surface area contributed by atoms with Gasteiger partial charge in [0.15, 0.2) is 0 Å². The minimum absolute atomic E-state index is 0.120. The van der Waals surface area contributed by atoms with Crippen molar-refractivity contribution in [3.8, 4) is 0 Å². The van der Waals surface area contributed by atoms with Crippen molar-refractivity contribution in [3.63, 3.8) is 0 Å². The third-order valence-electron chi connectivity index (χ3n) is 1.89. The number of carbonyl (C=O) groups is 1. The molecule has 0 aliphatic rings. The van der Waals surface area contributed by atoms with E-state index in [9.17, 15) is 13.6 Å². The van der Waals surface area contributed by atoms with Crippen LogP contribution in [0.2, 0.25) is 5.02 Å². The Labute approximate surface area is 109 Å². The zero-order valence-electron chi connectivity index (χ0n) is 8.14. The molecule has 0 saturated carbocycles. The summed E-state index contributed by atoms with van der Waals surface area (Å²) in [7, 11) is 1.19. The van der Waals surface area contributed by atoms with E-state index >= 15 is 0 Å². The van der Waals surface area contributed by atoms with Gasteiger partial charge >= 0.3 is 5.97 Å². The van der Waals surface area contributed by atoms with Gasteiger partial charge in [0.2, 0.25) is 0 Å². The molecule has 16 heavy (non-hydrogen) atoms. The largest absolute Gasteiger partial charge is 0.469 e. The highest BCUT2D eigenvalue weighted by atomic mass is 127. The van der Waals surface area contributed by atoms with Crippen LogP contribution in [-0.2, 0) is 16.0 Å². The van der Waals surface area contributed by atoms with Crippen LogP contribution in [0, 0.1) is 3.70 Å². The number of halogens is 4. The molecule has 0 spiro atoms. The van der Waals surface area contributed by atoms with Gasteiger partial charge in [-0.1, -0.05) is 11.6 Å². The summed E-state index contributed by atoms with van der Waals surface area (Å²) >= 11 is 7.40. The number of methoxy groups -OCH3 is 1. The molecule has 0 atom stereocenters. The monoisotopic (exact) mass is 361 g/mol. The first-order chi connectivity index (χ1) is 7.47. The molecule has 0 bridgehead atoms. The van der Waals surface area contributed by atoms with Crippen LogP contribution in [0.5, 0.6) is 0 Å². The zero-order chi connectivity index (χ0) is 12.3. The molecule has 0 aliphatic heterocycles. The standard InChI is InChI=1S/C9H7ClF2INO2/c1-16-6(15)2-4-7(8(11)12)5(10)3-14-9(4)13/h3,8H,2H2,1H3. The average molecular weight is 362 g/mol. The summed E-state index contributed by atoms with van der Waals surface area (Å²) in [4.78, 5) is 14.9. The molecule has 0 radical (unpaired) electrons. The van der Waals surface area contributed by atoms with Gasteiger partial charge in [0.25, 0.3) is 6.43 Å². The molecular formula is C9H7ClF2INO2. The van der Waals surface area contributed by atoms with E-state index in [0.717, 1.165) is 6.20 Å². The van der Waals surface area contributed by atoms with Gasteiger partial charge in [-0.15, -0.1) is 0 Å². The number of hydrogen-bond donors (Lipinski definition) is 0. The van der Waals surface area contributed by atoms with Crippen LogP contribution in [0.1, 0.15) is 17.6 Å². The second kappa shape index (κ2) is 5.72. The zero-order valence-corrected chi connectivity index (χ0v) is 11.1. The smallest absolute Gasteiger partial charge is 0.310 e. The summed E-state index contributed by atoms with van der Waals surface area (Å²) < 4.78 is 30.3. The maximum atomic E-state index is 12.8. The van der Waals surface area contributed by atoms with Gasteiger partial charge in [0.05, 0.1) is 18.6 Å². The number of alkyl halides is 2. The predicted octanol–water partition coefficient (Wildman–Crippen LogP) is 2.99. The topological polar surface area (TPSA) is 39.2 Å². The van der Waals surface area contributed by atoms with Gasteiger partial charge in [-0.2, -0.15) is 0 Å². The van der Waals surface area contributed by atoms with Gasteiger partial charge in [0.1, 0.15) is 3.70 Å². The minimum atomic E-state index is -2.75. The molecule has 0 fully saturated rings. The lowest BCUT2D eigenvalue weighted by Gasteiger charge is -2.11. The Kier molecular flexibility index (Phi) is 4.85. The number of hydrogen-bond acceptors (Lipinski definition) is 3. The average Bonchev–Trinajstić information content (AvgIpc) is 2.22. The molecule has 0 aliphatic carbocycles. The van der Waals surface area contributed by atoms with Crippen LogP contribution in [0.15, 0.2) is 6.20 Å². The van der Waals surface area contributed by atoms with E-state index < -0.39 is 12.4 Å². The SMILES string of the molecule is COC(=O)Cc1c(I)ncc(Cl)c1C(F)F. The molecule has 3 nitrogen and oxygen atoms in total. The summed E-state index contributed by atoms with van der Waals surface area (Å²) in [5.74, 6) is -0.608. The van der Waals surface area contributed by atoms with E-state index in [1.165, 1.54) is 7.11 Å². The molecule has 0 amide bonds. The molecular weight excluding hydrogens is 354 g/mol. The molecule has 1 aromatic rings. The Morgan fingerprint density at radius 1 is 1.69 bits per heavy atom. The van der Waals surface area contributed by atoms with Crippen LogP contribution in [0.3, 0.4) is 0 Å². The molecule has 0 aromatic carbocycles. The number of ether oxygens (including phenoxy) is 1. The van der Waals surface area contributed by atoms with Gasteiger partial charge in [0, 0.05) is 17.3 Å². The van der Waals surface area contributed by atoms with Crippen molar-refractivity contribution in [1.82, 2.24) is 4.98 Å². The summed E-state index contributed by atoms with van der Waals surface area (Å²) in [5.41, 5.74) is -0.235. The van der Waals surface area contributed by atoms with Crippen molar-refractivity contribution in [2.24, 2.45) is 0 Å². The van der Waals surface area contributed by atoms with Crippen molar-refractivity contribution in [2.75, 3.05) is 7.11 Å². The maximum Gasteiger partial charge on any atom is 0.310 e. The number of nitrogens with zero attached hydrogens (tertiary/aromatic N) is 1. The Morgan fingerprint density at radius 2 is 2.31 bits per heavy atom. The second-order valence-electron chi connectivity index (χ2n) is 2.84. The Bertz CT molecular complexity index is 415. The van der Waals surface area contributed by atoms with Gasteiger partial charge in [-0.05, 0) is 22.6 Å². The maximum absolute atomic E-state index is 12.8. The van der Waals surface area contributed by atoms with E-state index in [2.05, 4.69) is 9.72 Å². The van der Waals surface area contributed by atoms with Crippen LogP contribution in [0.25, 0.3) is 0 Å². The molecule has 0 saturated heterocycles. The lowest BCUT2D eigenvalue weighted by atomic mass is 10.1. The summed E-state index contributed by atoms with van der Waals surface area (Å²) in [6.07, 6.45) is -1.86. The molecule has 0 unspecified atom stereocenters. The molecule has 1 rings (SSSR count). The van der Waals surface area contributed by atoms with Gasteiger partial charge in [-0.25, -0.2) is 13.8 Å². The highest BCUT2D eigenvalue weighted by Gasteiger charge is 2.22. The van der Waals surface area contributed by atoms with Crippen molar-refractivity contribution in [2.45, 2.75) is 12.8 Å². The number of esters is 1. The molecule has 0 N–H and O–H groups in total. The highest BCUT2D eigenvalue weighted by molar-refractivity contribution is 14.1. The lowest BCUT2D eigenvalue weighted by Crippen LogP contribution is -2.10.